The fourth-order valence-electron chi connectivity index (χ4n) is 2.20. The molecule has 0 aromatic heterocycles. The molecule has 0 bridgehead atoms. The van der Waals surface area contributed by atoms with Crippen molar-refractivity contribution in [2.45, 2.75) is 18.0 Å². The van der Waals surface area contributed by atoms with E-state index < -0.39 is 60.3 Å². The molecule has 128 valence electrons. The van der Waals surface area contributed by atoms with Crippen LogP contribution in [0.3, 0.4) is 0 Å². The summed E-state index contributed by atoms with van der Waals surface area (Å²) >= 11 is 0. The average molecular weight is 345 g/mol. The van der Waals surface area contributed by atoms with Gasteiger partial charge in [-0.25, -0.2) is 4.39 Å². The van der Waals surface area contributed by atoms with E-state index in [0.29, 0.717) is 4.90 Å². The highest BCUT2D eigenvalue weighted by molar-refractivity contribution is 5.96. The van der Waals surface area contributed by atoms with Crippen molar-refractivity contribution in [1.82, 2.24) is 4.90 Å². The quantitative estimate of drug-likeness (QED) is 0.838. The number of halogens is 7. The fraction of sp³-hybridized carbons (Fsp3) is 0.462. The van der Waals surface area contributed by atoms with E-state index in [4.69, 9.17) is 5.11 Å². The smallest absolute Gasteiger partial charge is 0.393 e. The Balaban J connectivity index is 2.40. The Kier molecular flexibility index (Phi) is 4.08. The number of carbonyl (C=O) groups is 1. The monoisotopic (exact) mass is 345 g/mol. The maximum atomic E-state index is 13.5. The zero-order chi connectivity index (χ0) is 17.6. The third kappa shape index (κ3) is 3.41. The van der Waals surface area contributed by atoms with Gasteiger partial charge in [0.05, 0.1) is 36.4 Å². The molecule has 1 amide bonds. The second-order valence-corrected chi connectivity index (χ2v) is 5.23. The Bertz CT molecular complexity index is 618. The van der Waals surface area contributed by atoms with Gasteiger partial charge in [-0.3, -0.25) is 4.79 Å². The lowest BCUT2D eigenvalue weighted by atomic mass is 9.94. The van der Waals surface area contributed by atoms with Crippen LogP contribution in [0.1, 0.15) is 21.5 Å². The topological polar surface area (TPSA) is 40.5 Å². The van der Waals surface area contributed by atoms with Crippen LogP contribution in [-0.4, -0.2) is 41.3 Å². The molecular formula is C13H10F7NO2. The second kappa shape index (κ2) is 5.36. The molecule has 10 heteroatoms. The van der Waals surface area contributed by atoms with E-state index >= 15 is 0 Å². The number of nitrogens with zero attached hydrogens (tertiary/aromatic N) is 1. The molecule has 3 nitrogen and oxygen atoms in total. The van der Waals surface area contributed by atoms with Crippen LogP contribution in [0.25, 0.3) is 0 Å². The van der Waals surface area contributed by atoms with Crippen LogP contribution >= 0.6 is 0 Å². The van der Waals surface area contributed by atoms with Gasteiger partial charge in [-0.05, 0) is 18.2 Å². The van der Waals surface area contributed by atoms with Crippen molar-refractivity contribution in [2.24, 2.45) is 0 Å². The Morgan fingerprint density at radius 3 is 2.13 bits per heavy atom. The van der Waals surface area contributed by atoms with Gasteiger partial charge < -0.3 is 10.0 Å². The van der Waals surface area contributed by atoms with E-state index in [0.717, 1.165) is 0 Å². The molecule has 23 heavy (non-hydrogen) atoms. The van der Waals surface area contributed by atoms with Crippen molar-refractivity contribution in [2.75, 3.05) is 19.7 Å². The van der Waals surface area contributed by atoms with E-state index in [1.54, 1.807) is 0 Å². The lowest BCUT2D eigenvalue weighted by molar-refractivity contribution is -0.141. The van der Waals surface area contributed by atoms with Gasteiger partial charge in [0, 0.05) is 0 Å². The minimum Gasteiger partial charge on any atom is -0.393 e. The molecule has 1 N–H and O–H groups in total. The summed E-state index contributed by atoms with van der Waals surface area (Å²) in [4.78, 5) is 12.6. The molecule has 0 saturated carbocycles. The lowest BCUT2D eigenvalue weighted by Crippen LogP contribution is -2.62. The first-order valence-corrected chi connectivity index (χ1v) is 6.25. The number of rotatable bonds is 2. The summed E-state index contributed by atoms with van der Waals surface area (Å²) < 4.78 is 90.0. The van der Waals surface area contributed by atoms with Gasteiger partial charge in [-0.1, -0.05) is 0 Å². The van der Waals surface area contributed by atoms with Gasteiger partial charge in [0.1, 0.15) is 0 Å². The number of benzene rings is 1. The Morgan fingerprint density at radius 2 is 1.70 bits per heavy atom. The van der Waals surface area contributed by atoms with Crippen molar-refractivity contribution >= 4 is 5.91 Å². The number of hydrogen-bond acceptors (Lipinski definition) is 2. The van der Waals surface area contributed by atoms with Gasteiger partial charge in [-0.15, -0.1) is 0 Å². The minimum absolute atomic E-state index is 0.0995. The van der Waals surface area contributed by atoms with E-state index in [9.17, 15) is 35.5 Å². The highest BCUT2D eigenvalue weighted by atomic mass is 19.4. The Labute approximate surface area is 125 Å². The van der Waals surface area contributed by atoms with Gasteiger partial charge in [0.15, 0.2) is 5.67 Å². The molecule has 1 aliphatic heterocycles. The van der Waals surface area contributed by atoms with Crippen LogP contribution in [0.15, 0.2) is 18.2 Å². The molecule has 1 heterocycles. The fourth-order valence-corrected chi connectivity index (χ4v) is 2.20. The molecule has 1 aliphatic rings. The summed E-state index contributed by atoms with van der Waals surface area (Å²) in [7, 11) is 0. The number of likely N-dealkylation sites (tertiary alicyclic amines) is 1. The molecule has 0 radical (unpaired) electrons. The van der Waals surface area contributed by atoms with Crippen LogP contribution in [-0.2, 0) is 12.4 Å². The highest BCUT2D eigenvalue weighted by Crippen LogP contribution is 2.38. The van der Waals surface area contributed by atoms with Gasteiger partial charge in [0.2, 0.25) is 0 Å². The first-order valence-electron chi connectivity index (χ1n) is 6.25. The summed E-state index contributed by atoms with van der Waals surface area (Å²) in [6.07, 6.45) is -9.97. The maximum Gasteiger partial charge on any atom is 0.417 e. The van der Waals surface area contributed by atoms with Gasteiger partial charge >= 0.3 is 12.4 Å². The molecule has 2 rings (SSSR count). The van der Waals surface area contributed by atoms with Crippen molar-refractivity contribution in [3.05, 3.63) is 34.9 Å². The molecular weight excluding hydrogens is 335 g/mol. The number of amides is 1. The number of aliphatic hydroxyl groups excluding tert-OH is 1. The normalized spacial score (nSPS) is 17.8. The van der Waals surface area contributed by atoms with Crippen molar-refractivity contribution in [1.29, 1.82) is 0 Å². The van der Waals surface area contributed by atoms with E-state index in [-0.39, 0.29) is 18.2 Å². The van der Waals surface area contributed by atoms with Crippen molar-refractivity contribution in [3.8, 4) is 0 Å². The third-order valence-corrected chi connectivity index (χ3v) is 3.40. The largest absolute Gasteiger partial charge is 0.417 e. The Hall–Kier alpha value is -1.84. The van der Waals surface area contributed by atoms with Gasteiger partial charge in [0.25, 0.3) is 5.91 Å². The van der Waals surface area contributed by atoms with Crippen LogP contribution in [0.4, 0.5) is 30.7 Å². The highest BCUT2D eigenvalue weighted by Gasteiger charge is 2.47. The Morgan fingerprint density at radius 1 is 1.13 bits per heavy atom. The maximum absolute atomic E-state index is 13.5. The van der Waals surface area contributed by atoms with Crippen LogP contribution in [0.5, 0.6) is 0 Å². The summed E-state index contributed by atoms with van der Waals surface area (Å²) in [6.45, 7) is -2.31. The summed E-state index contributed by atoms with van der Waals surface area (Å²) in [5, 5.41) is 8.71. The molecule has 1 fully saturated rings. The first-order chi connectivity index (χ1) is 10.4. The number of alkyl halides is 7. The molecule has 1 aromatic rings. The predicted molar refractivity (Wildman–Crippen MR) is 63.3 cm³/mol. The SMILES string of the molecule is O=C(c1cc(C(F)(F)F)ccc1C(F)(F)F)N1CC(F)(CO)C1. The summed E-state index contributed by atoms with van der Waals surface area (Å²) in [5.74, 6) is -1.37. The molecule has 0 atom stereocenters. The predicted octanol–water partition coefficient (Wildman–Crippen LogP) is 2.88. The molecule has 0 aliphatic carbocycles. The second-order valence-electron chi connectivity index (χ2n) is 5.23. The van der Waals surface area contributed by atoms with E-state index in [2.05, 4.69) is 0 Å². The number of hydrogen-bond donors (Lipinski definition) is 1. The zero-order valence-electron chi connectivity index (χ0n) is 11.3. The zero-order valence-corrected chi connectivity index (χ0v) is 11.3. The average Bonchev–Trinajstić information content (AvgIpc) is 2.40. The standard InChI is InChI=1S/C13H10F7NO2/c14-11(6-22)4-21(5-11)10(23)8-3-7(12(15,16)17)1-2-9(8)13(18,19)20/h1-3,22H,4-6H2. The van der Waals surface area contributed by atoms with Crippen molar-refractivity contribution < 1.29 is 40.6 Å². The van der Waals surface area contributed by atoms with Crippen LogP contribution in [0, 0.1) is 0 Å². The van der Waals surface area contributed by atoms with E-state index in [1.165, 1.54) is 0 Å². The van der Waals surface area contributed by atoms with E-state index in [1.807, 2.05) is 0 Å². The van der Waals surface area contributed by atoms with Crippen LogP contribution in [0.2, 0.25) is 0 Å². The summed E-state index contributed by atoms with van der Waals surface area (Å²) in [5.41, 5.74) is -6.29. The summed E-state index contributed by atoms with van der Waals surface area (Å²) in [6, 6.07) is 0.496. The molecule has 1 saturated heterocycles. The van der Waals surface area contributed by atoms with Gasteiger partial charge in [-0.2, -0.15) is 26.3 Å². The van der Waals surface area contributed by atoms with Crippen LogP contribution < -0.4 is 0 Å². The number of carbonyl (C=O) groups excluding carboxylic acids is 1. The molecule has 0 unspecified atom stereocenters. The molecule has 0 spiro atoms. The lowest BCUT2D eigenvalue weighted by Gasteiger charge is -2.43. The number of aliphatic hydroxyl groups is 1. The minimum atomic E-state index is -5.04. The van der Waals surface area contributed by atoms with Crippen molar-refractivity contribution in [3.63, 3.8) is 0 Å². The third-order valence-electron chi connectivity index (χ3n) is 3.40. The first kappa shape index (κ1) is 17.5. The molecule has 1 aromatic carbocycles.